The van der Waals surface area contributed by atoms with Crippen LogP contribution in [0.1, 0.15) is 36.5 Å². The Kier molecular flexibility index (Phi) is 6.95. The van der Waals surface area contributed by atoms with Gasteiger partial charge in [0, 0.05) is 49.3 Å². The highest BCUT2D eigenvalue weighted by molar-refractivity contribution is 7.88. The van der Waals surface area contributed by atoms with Crippen LogP contribution in [0.25, 0.3) is 11.1 Å². The summed E-state index contributed by atoms with van der Waals surface area (Å²) in [7, 11) is -3.23. The Balaban J connectivity index is 1.56. The van der Waals surface area contributed by atoms with Gasteiger partial charge in [-0.3, -0.25) is 4.90 Å². The first-order valence-corrected chi connectivity index (χ1v) is 13.6. The number of benzene rings is 2. The van der Waals surface area contributed by atoms with Crippen molar-refractivity contribution in [2.75, 3.05) is 32.4 Å². The summed E-state index contributed by atoms with van der Waals surface area (Å²) in [6, 6.07) is 5.92. The quantitative estimate of drug-likeness (QED) is 0.499. The van der Waals surface area contributed by atoms with Crippen molar-refractivity contribution in [1.29, 1.82) is 0 Å². The van der Waals surface area contributed by atoms with Gasteiger partial charge < -0.3 is 5.11 Å². The first-order valence-electron chi connectivity index (χ1n) is 11.7. The number of nitrogens with zero attached hydrogens (tertiary/aromatic N) is 2. The summed E-state index contributed by atoms with van der Waals surface area (Å²) in [5.74, 6) is -0.901. The van der Waals surface area contributed by atoms with Crippen molar-refractivity contribution in [2.24, 2.45) is 5.41 Å². The third-order valence-electron chi connectivity index (χ3n) is 7.23. The fourth-order valence-corrected chi connectivity index (χ4v) is 6.33. The van der Waals surface area contributed by atoms with Gasteiger partial charge in [0.1, 0.15) is 5.82 Å². The van der Waals surface area contributed by atoms with E-state index in [-0.39, 0.29) is 22.5 Å². The van der Waals surface area contributed by atoms with E-state index in [1.807, 2.05) is 0 Å². The van der Waals surface area contributed by atoms with E-state index in [4.69, 9.17) is 0 Å². The highest BCUT2D eigenvalue weighted by Crippen LogP contribution is 2.50. The molecule has 0 amide bonds. The smallest absolute Gasteiger partial charge is 0.369 e. The van der Waals surface area contributed by atoms with Crippen molar-refractivity contribution < 1.29 is 44.3 Å². The molecule has 2 saturated heterocycles. The van der Waals surface area contributed by atoms with Crippen LogP contribution >= 0.6 is 0 Å². The van der Waals surface area contributed by atoms with Gasteiger partial charge in [0.15, 0.2) is 0 Å². The first kappa shape index (κ1) is 28.8. The van der Waals surface area contributed by atoms with Gasteiger partial charge >= 0.3 is 12.4 Å². The van der Waals surface area contributed by atoms with E-state index >= 15 is 4.39 Å². The number of sulfonamides is 1. The zero-order chi connectivity index (χ0) is 28.5. The highest BCUT2D eigenvalue weighted by Gasteiger charge is 2.71. The van der Waals surface area contributed by atoms with Crippen molar-refractivity contribution >= 4 is 10.0 Å². The Labute approximate surface area is 215 Å². The molecule has 0 saturated carbocycles. The van der Waals surface area contributed by atoms with Crippen LogP contribution < -0.4 is 0 Å². The van der Waals surface area contributed by atoms with Crippen LogP contribution in [0.4, 0.5) is 30.7 Å². The number of aliphatic hydroxyl groups is 1. The maximum atomic E-state index is 15.4. The summed E-state index contributed by atoms with van der Waals surface area (Å²) >= 11 is 0. The van der Waals surface area contributed by atoms with E-state index in [1.165, 1.54) is 10.4 Å². The van der Waals surface area contributed by atoms with E-state index < -0.39 is 39.4 Å². The molecule has 5 nitrogen and oxygen atoms in total. The van der Waals surface area contributed by atoms with E-state index in [0.29, 0.717) is 56.0 Å². The Morgan fingerprint density at radius 1 is 0.947 bits per heavy atom. The highest BCUT2D eigenvalue weighted by atomic mass is 32.2. The van der Waals surface area contributed by atoms with Gasteiger partial charge in [-0.2, -0.15) is 26.3 Å². The molecule has 1 N–H and O–H groups in total. The van der Waals surface area contributed by atoms with Crippen molar-refractivity contribution in [1.82, 2.24) is 9.21 Å². The van der Waals surface area contributed by atoms with Gasteiger partial charge in [0.05, 0.1) is 6.26 Å². The Morgan fingerprint density at radius 3 is 1.92 bits per heavy atom. The van der Waals surface area contributed by atoms with Gasteiger partial charge in [-0.05, 0) is 28.7 Å². The molecule has 4 rings (SSSR count). The number of alkyl halides is 6. The minimum absolute atomic E-state index is 0.0562. The summed E-state index contributed by atoms with van der Waals surface area (Å²) in [4.78, 5) is 2.06. The van der Waals surface area contributed by atoms with Gasteiger partial charge in [0.2, 0.25) is 10.0 Å². The van der Waals surface area contributed by atoms with Crippen LogP contribution in [-0.4, -0.2) is 67.5 Å². The molecular weight excluding hydrogens is 541 g/mol. The number of rotatable bonds is 6. The van der Waals surface area contributed by atoms with Gasteiger partial charge in [-0.25, -0.2) is 17.1 Å². The molecule has 0 aromatic heterocycles. The van der Waals surface area contributed by atoms with Gasteiger partial charge in [-0.1, -0.05) is 44.2 Å². The van der Waals surface area contributed by atoms with Crippen LogP contribution in [-0.2, 0) is 22.2 Å². The van der Waals surface area contributed by atoms with Crippen LogP contribution in [0.2, 0.25) is 0 Å². The Morgan fingerprint density at radius 2 is 1.47 bits per heavy atom. The second-order valence-corrected chi connectivity index (χ2v) is 12.6. The Hall–Kier alpha value is -2.22. The monoisotopic (exact) mass is 568 g/mol. The number of halogens is 7. The molecule has 2 aliphatic rings. The van der Waals surface area contributed by atoms with E-state index in [9.17, 15) is 39.9 Å². The van der Waals surface area contributed by atoms with Gasteiger partial charge in [0.25, 0.3) is 5.60 Å². The van der Waals surface area contributed by atoms with Crippen molar-refractivity contribution in [2.45, 2.75) is 44.3 Å². The van der Waals surface area contributed by atoms with Crippen molar-refractivity contribution in [3.05, 3.63) is 58.9 Å². The lowest BCUT2D eigenvalue weighted by atomic mass is 9.74. The number of likely N-dealkylation sites (tertiary alicyclic amines) is 1. The summed E-state index contributed by atoms with van der Waals surface area (Å²) in [5.41, 5.74) is -5.27. The lowest BCUT2D eigenvalue weighted by molar-refractivity contribution is -0.376. The maximum absolute atomic E-state index is 15.4. The second kappa shape index (κ2) is 9.17. The zero-order valence-corrected chi connectivity index (χ0v) is 21.6. The molecule has 2 aromatic carbocycles. The normalized spacial score (nSPS) is 19.1. The van der Waals surface area contributed by atoms with Gasteiger partial charge in [-0.15, -0.1) is 0 Å². The Bertz CT molecular complexity index is 1290. The minimum Gasteiger partial charge on any atom is -0.369 e. The number of hydrogen-bond donors (Lipinski definition) is 1. The fourth-order valence-electron chi connectivity index (χ4n) is 5.31. The molecule has 2 heterocycles. The minimum atomic E-state index is -6.01. The summed E-state index contributed by atoms with van der Waals surface area (Å²) < 4.78 is 119. The third-order valence-corrected chi connectivity index (χ3v) is 8.43. The average molecular weight is 569 g/mol. The molecule has 0 atom stereocenters. The van der Waals surface area contributed by atoms with Crippen molar-refractivity contribution in [3.63, 3.8) is 0 Å². The molecular formula is C25H27F7N2O3S. The molecule has 13 heteroatoms. The van der Waals surface area contributed by atoms with E-state index in [0.717, 1.165) is 18.4 Å². The average Bonchev–Trinajstić information content (AvgIpc) is 2.71. The molecule has 0 bridgehead atoms. The molecule has 2 aromatic rings. The maximum Gasteiger partial charge on any atom is 0.430 e. The van der Waals surface area contributed by atoms with Crippen LogP contribution in [0.5, 0.6) is 0 Å². The molecule has 0 unspecified atom stereocenters. The van der Waals surface area contributed by atoms with Crippen LogP contribution in [0, 0.1) is 11.2 Å². The molecule has 2 aliphatic heterocycles. The largest absolute Gasteiger partial charge is 0.430 e. The summed E-state index contributed by atoms with van der Waals surface area (Å²) in [6.45, 7) is 6.18. The van der Waals surface area contributed by atoms with E-state index in [1.54, 1.807) is 19.9 Å². The predicted octanol–water partition coefficient (Wildman–Crippen LogP) is 5.01. The molecule has 1 spiro atoms. The standard InChI is InChI=1S/C25H27F7N2O3S/c1-15(2)19-8-16(10-33-11-22(12-33)13-34(14-22)38(3,36)37)9-20(26)21(19)17-4-6-18(7-5-17)23(35,24(27,28)29)25(30,31)32/h4-9,15,35H,10-14H2,1-3H3. The topological polar surface area (TPSA) is 60.9 Å². The lowest BCUT2D eigenvalue weighted by Crippen LogP contribution is -2.72. The molecule has 0 radical (unpaired) electrons. The first-order chi connectivity index (χ1) is 17.3. The number of hydrogen-bond acceptors (Lipinski definition) is 4. The van der Waals surface area contributed by atoms with Crippen LogP contribution in [0.15, 0.2) is 36.4 Å². The molecule has 0 aliphatic carbocycles. The summed E-state index contributed by atoms with van der Waals surface area (Å²) in [5, 5.41) is 9.62. The zero-order valence-electron chi connectivity index (χ0n) is 20.8. The predicted molar refractivity (Wildman–Crippen MR) is 126 cm³/mol. The van der Waals surface area contributed by atoms with Crippen LogP contribution in [0.3, 0.4) is 0 Å². The van der Waals surface area contributed by atoms with Crippen molar-refractivity contribution in [3.8, 4) is 11.1 Å². The molecule has 210 valence electrons. The summed E-state index contributed by atoms with van der Waals surface area (Å²) in [6.07, 6.45) is -10.9. The second-order valence-electron chi connectivity index (χ2n) is 10.7. The SMILES string of the molecule is CC(C)c1cc(CN2CC3(C2)CN(S(C)(=O)=O)C3)cc(F)c1-c1ccc(C(O)(C(F)(F)F)C(F)(F)F)cc1. The molecule has 2 fully saturated rings. The van der Waals surface area contributed by atoms with E-state index in [2.05, 4.69) is 4.90 Å². The third kappa shape index (κ3) is 4.93. The fraction of sp³-hybridized carbons (Fsp3) is 0.520. The molecule has 38 heavy (non-hydrogen) atoms. The lowest BCUT2D eigenvalue weighted by Gasteiger charge is -2.59.